The number of thiophene rings is 1. The number of rotatable bonds is 5. The Morgan fingerprint density at radius 2 is 2.15 bits per heavy atom. The number of imide groups is 1. The number of hydrogen-bond donors (Lipinski definition) is 1. The largest absolute Gasteiger partial charge is 0.456 e. The van der Waals surface area contributed by atoms with Gasteiger partial charge in [0.05, 0.1) is 8.66 Å². The molecule has 1 saturated heterocycles. The second kappa shape index (κ2) is 7.48. The zero-order valence-electron chi connectivity index (χ0n) is 14.2. The molecule has 1 aliphatic heterocycles. The molecule has 7 nitrogen and oxygen atoms in total. The normalized spacial score (nSPS) is 25.5. The molecule has 1 spiro atoms. The van der Waals surface area contributed by atoms with Crippen molar-refractivity contribution < 1.29 is 23.9 Å². The van der Waals surface area contributed by atoms with Crippen LogP contribution in [0.1, 0.15) is 42.3 Å². The van der Waals surface area contributed by atoms with Crippen molar-refractivity contribution in [2.24, 2.45) is 5.92 Å². The van der Waals surface area contributed by atoms with Gasteiger partial charge in [0.25, 0.3) is 5.91 Å². The van der Waals surface area contributed by atoms with Gasteiger partial charge in [-0.1, -0.05) is 19.8 Å². The van der Waals surface area contributed by atoms with Crippen LogP contribution in [0, 0.1) is 5.92 Å². The van der Waals surface area contributed by atoms with Crippen LogP contribution < -0.4 is 5.32 Å². The van der Waals surface area contributed by atoms with Crippen LogP contribution in [0.4, 0.5) is 4.79 Å². The van der Waals surface area contributed by atoms with Gasteiger partial charge >= 0.3 is 12.0 Å². The maximum atomic E-state index is 12.8. The zero-order chi connectivity index (χ0) is 18.9. The second-order valence-corrected chi connectivity index (χ2v) is 9.09. The van der Waals surface area contributed by atoms with Crippen LogP contribution in [0.15, 0.2) is 15.9 Å². The minimum absolute atomic E-state index is 0.0209. The summed E-state index contributed by atoms with van der Waals surface area (Å²) in [4.78, 5) is 50.3. The smallest absolute Gasteiger partial charge is 0.326 e. The Bertz CT molecular complexity index is 764. The van der Waals surface area contributed by atoms with E-state index in [1.807, 2.05) is 6.92 Å². The molecule has 1 N–H and O–H groups in total. The lowest BCUT2D eigenvalue weighted by molar-refractivity contribution is -0.147. The Labute approximate surface area is 163 Å². The molecule has 0 bridgehead atoms. The fourth-order valence-electron chi connectivity index (χ4n) is 3.50. The van der Waals surface area contributed by atoms with Crippen LogP contribution in [0.25, 0.3) is 0 Å². The predicted octanol–water partition coefficient (Wildman–Crippen LogP) is 2.74. The van der Waals surface area contributed by atoms with Crippen molar-refractivity contribution in [2.45, 2.75) is 38.1 Å². The summed E-state index contributed by atoms with van der Waals surface area (Å²) < 4.78 is 5.76. The lowest BCUT2D eigenvalue weighted by Crippen LogP contribution is -2.54. The van der Waals surface area contributed by atoms with Crippen molar-refractivity contribution in [3.05, 3.63) is 20.8 Å². The fourth-order valence-corrected chi connectivity index (χ4v) is 4.81. The molecule has 2 heterocycles. The molecule has 0 aromatic carbocycles. The van der Waals surface area contributed by atoms with E-state index < -0.39 is 30.7 Å². The molecule has 140 valence electrons. The van der Waals surface area contributed by atoms with Gasteiger partial charge in [-0.2, -0.15) is 0 Å². The number of ether oxygens (including phenoxy) is 1. The van der Waals surface area contributed by atoms with Gasteiger partial charge in [-0.05, 0) is 46.8 Å². The van der Waals surface area contributed by atoms with Gasteiger partial charge in [0.1, 0.15) is 12.1 Å². The number of hydrogen-bond acceptors (Lipinski definition) is 6. The second-order valence-electron chi connectivity index (χ2n) is 6.63. The molecular formula is C17H19BrN2O5S. The van der Waals surface area contributed by atoms with Crippen LogP contribution in [0.5, 0.6) is 0 Å². The summed E-state index contributed by atoms with van der Waals surface area (Å²) in [6, 6.07) is 2.79. The van der Waals surface area contributed by atoms with Crippen molar-refractivity contribution in [1.82, 2.24) is 10.2 Å². The third-order valence-electron chi connectivity index (χ3n) is 5.00. The van der Waals surface area contributed by atoms with E-state index in [1.165, 1.54) is 11.3 Å². The first-order valence-electron chi connectivity index (χ1n) is 8.42. The summed E-state index contributed by atoms with van der Waals surface area (Å²) >= 11 is 4.50. The Hall–Kier alpha value is -1.74. The fraction of sp³-hybridized carbons (Fsp3) is 0.529. The standard InChI is InChI=1S/C17H19BrN2O5S/c1-10-4-2-3-7-17(10)15(23)20(16(24)19-17)8-14(22)25-9-11(21)12-5-6-13(18)26-12/h5-6,10H,2-4,7-9H2,1H3,(H,19,24)/t10-,17-/m1/s1. The number of esters is 1. The van der Waals surface area contributed by atoms with E-state index in [1.54, 1.807) is 12.1 Å². The molecule has 3 rings (SSSR count). The van der Waals surface area contributed by atoms with E-state index in [2.05, 4.69) is 21.2 Å². The van der Waals surface area contributed by atoms with Gasteiger partial charge in [0.15, 0.2) is 6.61 Å². The summed E-state index contributed by atoms with van der Waals surface area (Å²) in [5, 5.41) is 2.78. The lowest BCUT2D eigenvalue weighted by Gasteiger charge is -2.36. The highest BCUT2D eigenvalue weighted by molar-refractivity contribution is 9.11. The van der Waals surface area contributed by atoms with E-state index in [0.717, 1.165) is 27.9 Å². The van der Waals surface area contributed by atoms with Gasteiger partial charge in [0, 0.05) is 0 Å². The minimum atomic E-state index is -0.908. The van der Waals surface area contributed by atoms with Gasteiger partial charge in [-0.3, -0.25) is 19.3 Å². The van der Waals surface area contributed by atoms with E-state index in [9.17, 15) is 19.2 Å². The molecule has 1 aliphatic carbocycles. The molecule has 3 amide bonds. The number of nitrogens with one attached hydrogen (secondary N) is 1. The quantitative estimate of drug-likeness (QED) is 0.429. The van der Waals surface area contributed by atoms with Gasteiger partial charge < -0.3 is 10.1 Å². The monoisotopic (exact) mass is 442 g/mol. The molecule has 1 aromatic rings. The number of amides is 3. The summed E-state index contributed by atoms with van der Waals surface area (Å²) in [5.74, 6) is -1.46. The predicted molar refractivity (Wildman–Crippen MR) is 97.9 cm³/mol. The first-order valence-corrected chi connectivity index (χ1v) is 10.0. The van der Waals surface area contributed by atoms with Crippen molar-refractivity contribution in [2.75, 3.05) is 13.2 Å². The number of Topliss-reactive ketones (excluding diaryl/α,β-unsaturated/α-hetero) is 1. The Morgan fingerprint density at radius 1 is 1.38 bits per heavy atom. The number of halogens is 1. The van der Waals surface area contributed by atoms with Gasteiger partial charge in [-0.15, -0.1) is 11.3 Å². The Balaban J connectivity index is 1.58. The number of carbonyl (C=O) groups excluding carboxylic acids is 4. The summed E-state index contributed by atoms with van der Waals surface area (Å²) in [7, 11) is 0. The van der Waals surface area contributed by atoms with E-state index in [4.69, 9.17) is 4.74 Å². The number of ketones is 1. The lowest BCUT2D eigenvalue weighted by atomic mass is 9.73. The number of nitrogens with zero attached hydrogens (tertiary/aromatic N) is 1. The topological polar surface area (TPSA) is 92.8 Å². The van der Waals surface area contributed by atoms with Gasteiger partial charge in [0.2, 0.25) is 5.78 Å². The van der Waals surface area contributed by atoms with Crippen LogP contribution >= 0.6 is 27.3 Å². The summed E-state index contributed by atoms with van der Waals surface area (Å²) in [5.41, 5.74) is -0.908. The molecule has 2 fully saturated rings. The molecule has 2 aliphatic rings. The van der Waals surface area contributed by atoms with Gasteiger partial charge in [-0.25, -0.2) is 4.79 Å². The van der Waals surface area contributed by atoms with Crippen molar-refractivity contribution in [1.29, 1.82) is 0 Å². The first kappa shape index (κ1) is 19.0. The van der Waals surface area contributed by atoms with Crippen molar-refractivity contribution >= 4 is 51.0 Å². The molecule has 9 heteroatoms. The average Bonchev–Trinajstić information content (AvgIpc) is 3.13. The van der Waals surface area contributed by atoms with Crippen molar-refractivity contribution in [3.8, 4) is 0 Å². The first-order chi connectivity index (χ1) is 12.3. The molecule has 2 atom stereocenters. The number of carbonyl (C=O) groups is 4. The van der Waals surface area contributed by atoms with Crippen molar-refractivity contribution in [3.63, 3.8) is 0 Å². The third kappa shape index (κ3) is 3.55. The van der Waals surface area contributed by atoms with Crippen LogP contribution in [-0.4, -0.2) is 47.3 Å². The summed E-state index contributed by atoms with van der Waals surface area (Å²) in [6.45, 7) is 1.04. The maximum absolute atomic E-state index is 12.8. The van der Waals surface area contributed by atoms with Crippen LogP contribution in [-0.2, 0) is 14.3 Å². The summed E-state index contributed by atoms with van der Waals surface area (Å²) in [6.07, 6.45) is 3.32. The Kier molecular flexibility index (Phi) is 5.47. The molecule has 1 saturated carbocycles. The molecular weight excluding hydrogens is 424 g/mol. The van der Waals surface area contributed by atoms with Crippen LogP contribution in [0.2, 0.25) is 0 Å². The minimum Gasteiger partial charge on any atom is -0.456 e. The highest BCUT2D eigenvalue weighted by Crippen LogP contribution is 2.38. The Morgan fingerprint density at radius 3 is 2.81 bits per heavy atom. The SMILES string of the molecule is C[C@@H]1CCCC[C@@]12NC(=O)N(CC(=O)OCC(=O)c1ccc(Br)s1)C2=O. The molecule has 26 heavy (non-hydrogen) atoms. The zero-order valence-corrected chi connectivity index (χ0v) is 16.7. The maximum Gasteiger partial charge on any atom is 0.326 e. The highest BCUT2D eigenvalue weighted by atomic mass is 79.9. The average molecular weight is 443 g/mol. The van der Waals surface area contributed by atoms with E-state index in [0.29, 0.717) is 11.3 Å². The van der Waals surface area contributed by atoms with E-state index >= 15 is 0 Å². The van der Waals surface area contributed by atoms with Crippen LogP contribution in [0.3, 0.4) is 0 Å². The highest BCUT2D eigenvalue weighted by Gasteiger charge is 2.55. The third-order valence-corrected chi connectivity index (χ3v) is 6.67. The van der Waals surface area contributed by atoms with E-state index in [-0.39, 0.29) is 17.6 Å². The number of urea groups is 1. The molecule has 1 aromatic heterocycles. The molecule has 0 radical (unpaired) electrons. The molecule has 0 unspecified atom stereocenters.